The second kappa shape index (κ2) is 5.70. The van der Waals surface area contributed by atoms with Crippen LogP contribution in [0.3, 0.4) is 0 Å². The van der Waals surface area contributed by atoms with Gasteiger partial charge in [0.2, 0.25) is 0 Å². The van der Waals surface area contributed by atoms with E-state index in [1.807, 2.05) is 12.1 Å². The smallest absolute Gasteiger partial charge is 0.163 e. The summed E-state index contributed by atoms with van der Waals surface area (Å²) < 4.78 is 15.8. The van der Waals surface area contributed by atoms with Crippen molar-refractivity contribution >= 4 is 11.0 Å². The molecule has 0 spiro atoms. The standard InChI is InChI=1S/C12H17N3O3/c1-16-10-5-8-9(6-11(10)17-2)15-12(14-8)7-18-4-3-13/h5-6H,3-4,7,13H2,1-2H3,(H,14,15). The van der Waals surface area contributed by atoms with Gasteiger partial charge in [-0.15, -0.1) is 0 Å². The Balaban J connectivity index is 2.27. The van der Waals surface area contributed by atoms with E-state index < -0.39 is 0 Å². The number of hydrogen-bond acceptors (Lipinski definition) is 5. The molecule has 3 N–H and O–H groups in total. The molecule has 0 amide bonds. The number of benzene rings is 1. The van der Waals surface area contributed by atoms with Crippen molar-refractivity contribution in [3.8, 4) is 11.5 Å². The van der Waals surface area contributed by atoms with Crippen molar-refractivity contribution in [3.63, 3.8) is 0 Å². The Labute approximate surface area is 105 Å². The molecule has 1 heterocycles. The molecule has 18 heavy (non-hydrogen) atoms. The summed E-state index contributed by atoms with van der Waals surface area (Å²) in [5.74, 6) is 2.09. The molecule has 0 saturated carbocycles. The third-order valence-corrected chi connectivity index (χ3v) is 2.54. The zero-order valence-electron chi connectivity index (χ0n) is 10.5. The molecular weight excluding hydrogens is 234 g/mol. The molecule has 2 rings (SSSR count). The Morgan fingerprint density at radius 2 is 1.94 bits per heavy atom. The lowest BCUT2D eigenvalue weighted by Gasteiger charge is -2.06. The molecule has 6 heteroatoms. The van der Waals surface area contributed by atoms with E-state index in [-0.39, 0.29) is 0 Å². The van der Waals surface area contributed by atoms with Crippen molar-refractivity contribution < 1.29 is 14.2 Å². The van der Waals surface area contributed by atoms with Gasteiger partial charge in [-0.1, -0.05) is 0 Å². The first kappa shape index (κ1) is 12.7. The Morgan fingerprint density at radius 3 is 2.61 bits per heavy atom. The SMILES string of the molecule is COc1cc2nc(COCCN)[nH]c2cc1OC. The summed E-state index contributed by atoms with van der Waals surface area (Å²) in [7, 11) is 3.20. The lowest BCUT2D eigenvalue weighted by atomic mass is 10.3. The number of methoxy groups -OCH3 is 2. The van der Waals surface area contributed by atoms with Gasteiger partial charge >= 0.3 is 0 Å². The monoisotopic (exact) mass is 251 g/mol. The van der Waals surface area contributed by atoms with Crippen molar-refractivity contribution in [1.82, 2.24) is 9.97 Å². The highest BCUT2D eigenvalue weighted by Crippen LogP contribution is 2.30. The molecule has 0 atom stereocenters. The number of H-pyrrole nitrogens is 1. The van der Waals surface area contributed by atoms with Gasteiger partial charge in [-0.05, 0) is 0 Å². The van der Waals surface area contributed by atoms with E-state index in [4.69, 9.17) is 19.9 Å². The molecule has 0 bridgehead atoms. The summed E-state index contributed by atoms with van der Waals surface area (Å²) in [6, 6.07) is 3.69. The molecule has 0 aliphatic rings. The molecule has 1 aromatic heterocycles. The van der Waals surface area contributed by atoms with Gasteiger partial charge in [-0.3, -0.25) is 0 Å². The van der Waals surface area contributed by atoms with Gasteiger partial charge in [0.25, 0.3) is 0 Å². The van der Waals surface area contributed by atoms with Crippen LogP contribution in [0.25, 0.3) is 11.0 Å². The van der Waals surface area contributed by atoms with E-state index in [0.29, 0.717) is 31.3 Å². The van der Waals surface area contributed by atoms with Crippen LogP contribution < -0.4 is 15.2 Å². The van der Waals surface area contributed by atoms with E-state index >= 15 is 0 Å². The number of nitrogens with two attached hydrogens (primary N) is 1. The van der Waals surface area contributed by atoms with Crippen LogP contribution in [0.15, 0.2) is 12.1 Å². The van der Waals surface area contributed by atoms with Gasteiger partial charge in [0.05, 0.1) is 31.9 Å². The van der Waals surface area contributed by atoms with E-state index in [1.165, 1.54) is 0 Å². The van der Waals surface area contributed by atoms with Crippen LogP contribution in [0, 0.1) is 0 Å². The highest BCUT2D eigenvalue weighted by atomic mass is 16.5. The van der Waals surface area contributed by atoms with Crippen LogP contribution in [0.1, 0.15) is 5.82 Å². The molecule has 0 unspecified atom stereocenters. The predicted molar refractivity (Wildman–Crippen MR) is 67.9 cm³/mol. The molecule has 0 radical (unpaired) electrons. The van der Waals surface area contributed by atoms with Crippen molar-refractivity contribution in [1.29, 1.82) is 0 Å². The fourth-order valence-corrected chi connectivity index (χ4v) is 1.71. The molecule has 0 fully saturated rings. The Bertz CT molecular complexity index is 484. The fraction of sp³-hybridized carbons (Fsp3) is 0.417. The minimum absolute atomic E-state index is 0.413. The molecule has 98 valence electrons. The lowest BCUT2D eigenvalue weighted by molar-refractivity contribution is 0.123. The van der Waals surface area contributed by atoms with E-state index in [0.717, 1.165) is 16.9 Å². The molecular formula is C12H17N3O3. The average molecular weight is 251 g/mol. The van der Waals surface area contributed by atoms with Gasteiger partial charge in [-0.2, -0.15) is 0 Å². The molecule has 0 aliphatic carbocycles. The fourth-order valence-electron chi connectivity index (χ4n) is 1.71. The number of nitrogens with one attached hydrogen (secondary N) is 1. The van der Waals surface area contributed by atoms with Crippen molar-refractivity contribution in [2.75, 3.05) is 27.4 Å². The van der Waals surface area contributed by atoms with Crippen molar-refractivity contribution in [3.05, 3.63) is 18.0 Å². The summed E-state index contributed by atoms with van der Waals surface area (Å²) >= 11 is 0. The number of rotatable bonds is 6. The van der Waals surface area contributed by atoms with Gasteiger partial charge in [-0.25, -0.2) is 4.98 Å². The van der Waals surface area contributed by atoms with Gasteiger partial charge in [0.15, 0.2) is 11.5 Å². The molecule has 0 aliphatic heterocycles. The van der Waals surface area contributed by atoms with Gasteiger partial charge < -0.3 is 24.9 Å². The average Bonchev–Trinajstić information content (AvgIpc) is 2.78. The Hall–Kier alpha value is -1.79. The number of nitrogens with zero attached hydrogens (tertiary/aromatic N) is 1. The third-order valence-electron chi connectivity index (χ3n) is 2.54. The van der Waals surface area contributed by atoms with Crippen molar-refractivity contribution in [2.24, 2.45) is 5.73 Å². The quantitative estimate of drug-likeness (QED) is 0.750. The van der Waals surface area contributed by atoms with Crippen LogP contribution in [0.2, 0.25) is 0 Å². The minimum atomic E-state index is 0.413. The molecule has 0 saturated heterocycles. The zero-order chi connectivity index (χ0) is 13.0. The number of fused-ring (bicyclic) bond motifs is 1. The van der Waals surface area contributed by atoms with E-state index in [9.17, 15) is 0 Å². The first-order chi connectivity index (χ1) is 8.78. The van der Waals surface area contributed by atoms with Gasteiger partial charge in [0.1, 0.15) is 12.4 Å². The maximum Gasteiger partial charge on any atom is 0.163 e. The minimum Gasteiger partial charge on any atom is -0.493 e. The third kappa shape index (κ3) is 2.55. The largest absolute Gasteiger partial charge is 0.493 e. The van der Waals surface area contributed by atoms with Crippen LogP contribution in [0.5, 0.6) is 11.5 Å². The highest BCUT2D eigenvalue weighted by Gasteiger charge is 2.09. The summed E-state index contributed by atoms with van der Waals surface area (Å²) in [5, 5.41) is 0. The summed E-state index contributed by atoms with van der Waals surface area (Å²) in [4.78, 5) is 7.58. The zero-order valence-corrected chi connectivity index (χ0v) is 10.5. The summed E-state index contributed by atoms with van der Waals surface area (Å²) in [6.45, 7) is 1.43. The number of aromatic amines is 1. The maximum atomic E-state index is 5.35. The molecule has 2 aromatic rings. The van der Waals surface area contributed by atoms with Crippen LogP contribution in [-0.4, -0.2) is 37.3 Å². The van der Waals surface area contributed by atoms with Crippen LogP contribution in [0.4, 0.5) is 0 Å². The first-order valence-corrected chi connectivity index (χ1v) is 5.67. The normalized spacial score (nSPS) is 10.8. The molecule has 1 aromatic carbocycles. The maximum absolute atomic E-state index is 5.35. The Kier molecular flexibility index (Phi) is 4.01. The molecule has 6 nitrogen and oxygen atoms in total. The number of imidazole rings is 1. The summed E-state index contributed by atoms with van der Waals surface area (Å²) in [5.41, 5.74) is 7.06. The number of hydrogen-bond donors (Lipinski definition) is 2. The topological polar surface area (TPSA) is 82.4 Å². The van der Waals surface area contributed by atoms with E-state index in [2.05, 4.69) is 9.97 Å². The second-order valence-corrected chi connectivity index (χ2v) is 3.75. The number of aromatic nitrogens is 2. The van der Waals surface area contributed by atoms with Crippen LogP contribution >= 0.6 is 0 Å². The highest BCUT2D eigenvalue weighted by molar-refractivity contribution is 5.79. The van der Waals surface area contributed by atoms with Crippen LogP contribution in [-0.2, 0) is 11.3 Å². The first-order valence-electron chi connectivity index (χ1n) is 5.67. The van der Waals surface area contributed by atoms with E-state index in [1.54, 1.807) is 14.2 Å². The van der Waals surface area contributed by atoms with Crippen molar-refractivity contribution in [2.45, 2.75) is 6.61 Å². The van der Waals surface area contributed by atoms with Gasteiger partial charge in [0, 0.05) is 18.7 Å². The Morgan fingerprint density at radius 1 is 1.22 bits per heavy atom. The number of ether oxygens (including phenoxy) is 3. The second-order valence-electron chi connectivity index (χ2n) is 3.75. The lowest BCUT2D eigenvalue weighted by Crippen LogP contribution is -2.08. The predicted octanol–water partition coefficient (Wildman–Crippen LogP) is 1.06. The summed E-state index contributed by atoms with van der Waals surface area (Å²) in [6.07, 6.45) is 0.